The number of benzene rings is 1. The molecule has 0 heterocycles. The van der Waals surface area contributed by atoms with Gasteiger partial charge in [0.1, 0.15) is 0 Å². The zero-order valence-electron chi connectivity index (χ0n) is 12.1. The second-order valence-electron chi connectivity index (χ2n) is 5.48. The molecule has 1 fully saturated rings. The molecule has 0 atom stereocenters. The third-order valence-electron chi connectivity index (χ3n) is 3.75. The molecule has 2 rings (SSSR count). The van der Waals surface area contributed by atoms with Gasteiger partial charge in [-0.25, -0.2) is 0 Å². The Labute approximate surface area is 125 Å². The summed E-state index contributed by atoms with van der Waals surface area (Å²) in [5, 5.41) is 3.37. The van der Waals surface area contributed by atoms with Gasteiger partial charge in [0.2, 0.25) is 0 Å². The van der Waals surface area contributed by atoms with Gasteiger partial charge in [-0.1, -0.05) is 41.9 Å². The highest BCUT2D eigenvalue weighted by atomic mass is 79.9. The molecule has 106 valence electrons. The van der Waals surface area contributed by atoms with E-state index in [1.54, 1.807) is 0 Å². The van der Waals surface area contributed by atoms with E-state index in [4.69, 9.17) is 0 Å². The molecule has 1 N–H and O–H groups in total. The van der Waals surface area contributed by atoms with Crippen LogP contribution in [0.15, 0.2) is 22.7 Å². The van der Waals surface area contributed by atoms with Crippen LogP contribution in [0.5, 0.6) is 0 Å². The average molecular weight is 325 g/mol. The summed E-state index contributed by atoms with van der Waals surface area (Å²) >= 11 is 3.72. The van der Waals surface area contributed by atoms with Gasteiger partial charge in [-0.2, -0.15) is 0 Å². The standard InChI is InChI=1S/C16H25BrN2/c1-3-18-10-14-7-8-15(16(17)9-14)12-19(4-2)11-13-5-6-13/h7-9,13,18H,3-6,10-12H2,1-2H3. The highest BCUT2D eigenvalue weighted by molar-refractivity contribution is 9.10. The molecular weight excluding hydrogens is 300 g/mol. The Hall–Kier alpha value is -0.380. The van der Waals surface area contributed by atoms with Crippen LogP contribution < -0.4 is 5.32 Å². The fraction of sp³-hybridized carbons (Fsp3) is 0.625. The van der Waals surface area contributed by atoms with Crippen LogP contribution in [-0.4, -0.2) is 24.5 Å². The van der Waals surface area contributed by atoms with E-state index in [0.29, 0.717) is 0 Å². The molecule has 0 amide bonds. The Kier molecular flexibility index (Phi) is 5.86. The van der Waals surface area contributed by atoms with Gasteiger partial charge in [0.25, 0.3) is 0 Å². The van der Waals surface area contributed by atoms with Crippen molar-refractivity contribution in [2.45, 2.75) is 39.8 Å². The normalized spacial score (nSPS) is 15.2. The Morgan fingerprint density at radius 2 is 2.11 bits per heavy atom. The second-order valence-corrected chi connectivity index (χ2v) is 6.33. The van der Waals surface area contributed by atoms with Gasteiger partial charge >= 0.3 is 0 Å². The lowest BCUT2D eigenvalue weighted by molar-refractivity contribution is 0.268. The van der Waals surface area contributed by atoms with E-state index in [2.05, 4.69) is 58.2 Å². The van der Waals surface area contributed by atoms with Gasteiger partial charge in [0.15, 0.2) is 0 Å². The van der Waals surface area contributed by atoms with E-state index in [9.17, 15) is 0 Å². The lowest BCUT2D eigenvalue weighted by Crippen LogP contribution is -2.25. The summed E-state index contributed by atoms with van der Waals surface area (Å²) in [7, 11) is 0. The lowest BCUT2D eigenvalue weighted by atomic mass is 10.1. The maximum atomic E-state index is 3.72. The number of nitrogens with one attached hydrogen (secondary N) is 1. The van der Waals surface area contributed by atoms with E-state index in [1.807, 2.05) is 0 Å². The summed E-state index contributed by atoms with van der Waals surface area (Å²) in [5.74, 6) is 0.965. The molecule has 0 saturated heterocycles. The molecule has 2 nitrogen and oxygen atoms in total. The third kappa shape index (κ3) is 4.90. The van der Waals surface area contributed by atoms with E-state index >= 15 is 0 Å². The van der Waals surface area contributed by atoms with Crippen molar-refractivity contribution in [2.75, 3.05) is 19.6 Å². The van der Waals surface area contributed by atoms with Gasteiger partial charge in [-0.15, -0.1) is 0 Å². The molecule has 0 aliphatic heterocycles. The van der Waals surface area contributed by atoms with Crippen molar-refractivity contribution >= 4 is 15.9 Å². The van der Waals surface area contributed by atoms with Gasteiger partial charge < -0.3 is 5.32 Å². The van der Waals surface area contributed by atoms with Crippen molar-refractivity contribution in [1.29, 1.82) is 0 Å². The smallest absolute Gasteiger partial charge is 0.0244 e. The maximum Gasteiger partial charge on any atom is 0.0244 e. The quantitative estimate of drug-likeness (QED) is 0.782. The molecular formula is C16H25BrN2. The number of nitrogens with zero attached hydrogens (tertiary/aromatic N) is 1. The Morgan fingerprint density at radius 3 is 2.68 bits per heavy atom. The zero-order valence-corrected chi connectivity index (χ0v) is 13.7. The van der Waals surface area contributed by atoms with Gasteiger partial charge in [-0.3, -0.25) is 4.90 Å². The van der Waals surface area contributed by atoms with Crippen molar-refractivity contribution in [3.8, 4) is 0 Å². The minimum absolute atomic E-state index is 0.953. The topological polar surface area (TPSA) is 15.3 Å². The van der Waals surface area contributed by atoms with Crippen molar-refractivity contribution in [1.82, 2.24) is 10.2 Å². The summed E-state index contributed by atoms with van der Waals surface area (Å²) in [6.45, 7) is 9.84. The Bertz CT molecular complexity index is 402. The zero-order chi connectivity index (χ0) is 13.7. The first-order chi connectivity index (χ1) is 9.22. The maximum absolute atomic E-state index is 3.72. The van der Waals surface area contributed by atoms with Crippen molar-refractivity contribution in [2.24, 2.45) is 5.92 Å². The molecule has 0 aromatic heterocycles. The third-order valence-corrected chi connectivity index (χ3v) is 4.49. The first-order valence-corrected chi connectivity index (χ1v) is 8.22. The van der Waals surface area contributed by atoms with Crippen LogP contribution in [0.1, 0.15) is 37.8 Å². The number of hydrogen-bond acceptors (Lipinski definition) is 2. The number of rotatable bonds is 8. The Morgan fingerprint density at radius 1 is 1.32 bits per heavy atom. The molecule has 19 heavy (non-hydrogen) atoms. The van der Waals surface area contributed by atoms with Crippen LogP contribution in [0.4, 0.5) is 0 Å². The molecule has 1 aliphatic rings. The summed E-state index contributed by atoms with van der Waals surface area (Å²) < 4.78 is 1.25. The van der Waals surface area contributed by atoms with Crippen LogP contribution in [0.2, 0.25) is 0 Å². The molecule has 0 bridgehead atoms. The van der Waals surface area contributed by atoms with Gasteiger partial charge in [0.05, 0.1) is 0 Å². The molecule has 0 radical (unpaired) electrons. The predicted molar refractivity (Wildman–Crippen MR) is 85.2 cm³/mol. The van der Waals surface area contributed by atoms with Gasteiger partial charge in [-0.05, 0) is 49.0 Å². The highest BCUT2D eigenvalue weighted by Gasteiger charge is 2.23. The first kappa shape index (κ1) is 15.0. The van der Waals surface area contributed by atoms with Crippen LogP contribution in [0.25, 0.3) is 0 Å². The molecule has 0 unspecified atom stereocenters. The molecule has 1 aromatic rings. The second kappa shape index (κ2) is 7.41. The molecule has 1 saturated carbocycles. The van der Waals surface area contributed by atoms with E-state index in [0.717, 1.165) is 32.1 Å². The van der Waals surface area contributed by atoms with Crippen LogP contribution >= 0.6 is 15.9 Å². The van der Waals surface area contributed by atoms with Crippen LogP contribution in [-0.2, 0) is 13.1 Å². The van der Waals surface area contributed by atoms with Gasteiger partial charge in [0, 0.05) is 24.1 Å². The van der Waals surface area contributed by atoms with Crippen molar-refractivity contribution < 1.29 is 0 Å². The summed E-state index contributed by atoms with van der Waals surface area (Å²) in [6.07, 6.45) is 2.86. The molecule has 0 spiro atoms. The first-order valence-electron chi connectivity index (χ1n) is 7.43. The predicted octanol–water partition coefficient (Wildman–Crippen LogP) is 3.79. The lowest BCUT2D eigenvalue weighted by Gasteiger charge is -2.21. The molecule has 3 heteroatoms. The summed E-state index contributed by atoms with van der Waals surface area (Å²) in [6, 6.07) is 6.77. The van der Waals surface area contributed by atoms with Crippen LogP contribution in [0.3, 0.4) is 0 Å². The largest absolute Gasteiger partial charge is 0.313 e. The average Bonchev–Trinajstić information content (AvgIpc) is 3.22. The Balaban J connectivity index is 1.94. The molecule has 1 aromatic carbocycles. The van der Waals surface area contributed by atoms with Crippen molar-refractivity contribution in [3.63, 3.8) is 0 Å². The fourth-order valence-electron chi connectivity index (χ4n) is 2.31. The van der Waals surface area contributed by atoms with E-state index in [1.165, 1.54) is 35.0 Å². The number of halogens is 1. The summed E-state index contributed by atoms with van der Waals surface area (Å²) in [4.78, 5) is 2.56. The highest BCUT2D eigenvalue weighted by Crippen LogP contribution is 2.30. The fourth-order valence-corrected chi connectivity index (χ4v) is 2.86. The SMILES string of the molecule is CCNCc1ccc(CN(CC)CC2CC2)c(Br)c1. The monoisotopic (exact) mass is 324 g/mol. The van der Waals surface area contributed by atoms with Crippen LogP contribution in [0, 0.1) is 5.92 Å². The summed E-state index contributed by atoms with van der Waals surface area (Å²) in [5.41, 5.74) is 2.76. The van der Waals surface area contributed by atoms with Crippen molar-refractivity contribution in [3.05, 3.63) is 33.8 Å². The van der Waals surface area contributed by atoms with E-state index < -0.39 is 0 Å². The number of hydrogen-bond donors (Lipinski definition) is 1. The minimum atomic E-state index is 0.953. The molecule has 1 aliphatic carbocycles. The van der Waals surface area contributed by atoms with E-state index in [-0.39, 0.29) is 0 Å². The minimum Gasteiger partial charge on any atom is -0.313 e.